The second kappa shape index (κ2) is 7.58. The topological polar surface area (TPSA) is 98.9 Å². The van der Waals surface area contributed by atoms with Crippen molar-refractivity contribution in [2.45, 2.75) is 33.3 Å². The average molecular weight is 297 g/mol. The van der Waals surface area contributed by atoms with Gasteiger partial charge in [0.2, 0.25) is 0 Å². The smallest absolute Gasteiger partial charge is 0.342 e. The minimum Gasteiger partial charge on any atom is -0.493 e. The van der Waals surface area contributed by atoms with Gasteiger partial charge in [-0.05, 0) is 32.4 Å². The number of nitrogens with zero attached hydrogens (tertiary/aromatic N) is 1. The van der Waals surface area contributed by atoms with E-state index in [9.17, 15) is 14.9 Å². The summed E-state index contributed by atoms with van der Waals surface area (Å²) >= 11 is 0. The molecule has 7 nitrogen and oxygen atoms in total. The molecule has 0 fully saturated rings. The normalized spacial score (nSPS) is 10.7. The number of hydrogen-bond donors (Lipinski definition) is 1. The van der Waals surface area contributed by atoms with Gasteiger partial charge < -0.3 is 14.6 Å². The number of aryl methyl sites for hydroxylation is 1. The van der Waals surface area contributed by atoms with Crippen LogP contribution in [-0.2, 0) is 4.74 Å². The van der Waals surface area contributed by atoms with Crippen LogP contribution >= 0.6 is 0 Å². The lowest BCUT2D eigenvalue weighted by molar-refractivity contribution is -0.385. The number of carboxylic acids is 1. The minimum absolute atomic E-state index is 0.141. The van der Waals surface area contributed by atoms with E-state index >= 15 is 0 Å². The summed E-state index contributed by atoms with van der Waals surface area (Å²) in [6.45, 7) is 6.39. The number of carbonyl (C=O) groups is 1. The van der Waals surface area contributed by atoms with Gasteiger partial charge in [-0.2, -0.15) is 0 Å². The fraction of sp³-hybridized carbons (Fsp3) is 0.500. The quantitative estimate of drug-likeness (QED) is 0.450. The van der Waals surface area contributed by atoms with Crippen LogP contribution in [0.15, 0.2) is 12.1 Å². The van der Waals surface area contributed by atoms with Crippen LogP contribution in [0.2, 0.25) is 0 Å². The average Bonchev–Trinajstić information content (AvgIpc) is 2.38. The Bertz CT molecular complexity index is 526. The molecule has 1 aromatic rings. The van der Waals surface area contributed by atoms with E-state index in [4.69, 9.17) is 14.6 Å². The van der Waals surface area contributed by atoms with Crippen molar-refractivity contribution in [1.29, 1.82) is 0 Å². The lowest BCUT2D eigenvalue weighted by atomic mass is 10.1. The Hall–Kier alpha value is -2.15. The largest absolute Gasteiger partial charge is 0.493 e. The number of rotatable bonds is 8. The number of carboxylic acid groups (broad SMARTS) is 1. The Morgan fingerprint density at radius 3 is 2.57 bits per heavy atom. The highest BCUT2D eigenvalue weighted by atomic mass is 16.6. The van der Waals surface area contributed by atoms with Gasteiger partial charge in [0.15, 0.2) is 0 Å². The van der Waals surface area contributed by atoms with Crippen molar-refractivity contribution in [2.24, 2.45) is 0 Å². The van der Waals surface area contributed by atoms with Crippen LogP contribution in [0.4, 0.5) is 5.69 Å². The number of nitro benzene ring substituents is 1. The third-order valence-electron chi connectivity index (χ3n) is 2.72. The lowest BCUT2D eigenvalue weighted by Gasteiger charge is -2.11. The Labute approximate surface area is 122 Å². The first kappa shape index (κ1) is 16.9. The summed E-state index contributed by atoms with van der Waals surface area (Å²) in [6.07, 6.45) is 0.786. The monoisotopic (exact) mass is 297 g/mol. The zero-order chi connectivity index (χ0) is 16.0. The van der Waals surface area contributed by atoms with Crippen LogP contribution < -0.4 is 4.74 Å². The number of ether oxygens (including phenoxy) is 2. The van der Waals surface area contributed by atoms with Crippen molar-refractivity contribution in [3.8, 4) is 5.75 Å². The molecule has 21 heavy (non-hydrogen) atoms. The Morgan fingerprint density at radius 2 is 2.05 bits per heavy atom. The van der Waals surface area contributed by atoms with E-state index in [0.29, 0.717) is 30.9 Å². The first-order chi connectivity index (χ1) is 9.82. The third-order valence-corrected chi connectivity index (χ3v) is 2.72. The number of nitro groups is 1. The van der Waals surface area contributed by atoms with Crippen molar-refractivity contribution in [3.63, 3.8) is 0 Å². The second-order valence-electron chi connectivity index (χ2n) is 4.82. The van der Waals surface area contributed by atoms with Crippen molar-refractivity contribution in [1.82, 2.24) is 0 Å². The number of benzene rings is 1. The molecule has 116 valence electrons. The Balaban J connectivity index is 2.77. The highest BCUT2D eigenvalue weighted by Gasteiger charge is 2.22. The van der Waals surface area contributed by atoms with Gasteiger partial charge in [0.25, 0.3) is 5.69 Å². The maximum Gasteiger partial charge on any atom is 0.342 e. The Morgan fingerprint density at radius 1 is 1.38 bits per heavy atom. The molecular weight excluding hydrogens is 278 g/mol. The molecule has 0 bridgehead atoms. The first-order valence-corrected chi connectivity index (χ1v) is 6.59. The van der Waals surface area contributed by atoms with Crippen molar-refractivity contribution < 1.29 is 24.3 Å². The summed E-state index contributed by atoms with van der Waals surface area (Å²) in [5, 5.41) is 19.9. The third kappa shape index (κ3) is 5.03. The molecule has 0 unspecified atom stereocenters. The summed E-state index contributed by atoms with van der Waals surface area (Å²) in [5.41, 5.74) is -0.266. The molecule has 0 saturated carbocycles. The Kier molecular flexibility index (Phi) is 6.10. The molecule has 1 rings (SSSR count). The summed E-state index contributed by atoms with van der Waals surface area (Å²) in [6, 6.07) is 2.41. The van der Waals surface area contributed by atoms with Gasteiger partial charge in [-0.15, -0.1) is 0 Å². The van der Waals surface area contributed by atoms with Gasteiger partial charge >= 0.3 is 5.97 Å². The van der Waals surface area contributed by atoms with Crippen LogP contribution in [0.3, 0.4) is 0 Å². The van der Waals surface area contributed by atoms with Crippen LogP contribution in [0.1, 0.15) is 36.2 Å². The lowest BCUT2D eigenvalue weighted by Crippen LogP contribution is -2.09. The molecule has 0 aromatic heterocycles. The van der Waals surface area contributed by atoms with Crippen LogP contribution in [-0.4, -0.2) is 35.3 Å². The molecule has 0 heterocycles. The highest BCUT2D eigenvalue weighted by molar-refractivity contribution is 5.93. The van der Waals surface area contributed by atoms with Crippen LogP contribution in [0.5, 0.6) is 5.75 Å². The summed E-state index contributed by atoms with van der Waals surface area (Å²) < 4.78 is 10.8. The van der Waals surface area contributed by atoms with Crippen LogP contribution in [0.25, 0.3) is 0 Å². The highest BCUT2D eigenvalue weighted by Crippen LogP contribution is 2.28. The maximum absolute atomic E-state index is 11.0. The van der Waals surface area contributed by atoms with Gasteiger partial charge in [-0.25, -0.2) is 4.79 Å². The maximum atomic E-state index is 11.0. The zero-order valence-corrected chi connectivity index (χ0v) is 12.3. The van der Waals surface area contributed by atoms with E-state index in [-0.39, 0.29) is 11.7 Å². The summed E-state index contributed by atoms with van der Waals surface area (Å²) in [4.78, 5) is 21.2. The van der Waals surface area contributed by atoms with E-state index in [1.54, 1.807) is 6.92 Å². The fourth-order valence-corrected chi connectivity index (χ4v) is 1.72. The van der Waals surface area contributed by atoms with Crippen molar-refractivity contribution in [3.05, 3.63) is 33.4 Å². The van der Waals surface area contributed by atoms with E-state index in [1.165, 1.54) is 6.07 Å². The molecule has 0 saturated heterocycles. The predicted octanol–water partition coefficient (Wildman–Crippen LogP) is 2.80. The molecule has 0 atom stereocenters. The van der Waals surface area contributed by atoms with E-state index in [2.05, 4.69) is 0 Å². The molecular formula is C14H19NO6. The molecule has 0 spiro atoms. The molecule has 1 aromatic carbocycles. The van der Waals surface area contributed by atoms with E-state index in [1.807, 2.05) is 13.8 Å². The molecule has 1 N–H and O–H groups in total. The number of hydrogen-bond acceptors (Lipinski definition) is 5. The molecule has 0 aliphatic carbocycles. The summed E-state index contributed by atoms with van der Waals surface area (Å²) in [5.74, 6) is -1.02. The van der Waals surface area contributed by atoms with Gasteiger partial charge in [0, 0.05) is 6.42 Å². The van der Waals surface area contributed by atoms with Gasteiger partial charge in [-0.1, -0.05) is 0 Å². The minimum atomic E-state index is -1.33. The van der Waals surface area contributed by atoms with E-state index in [0.717, 1.165) is 6.07 Å². The second-order valence-corrected chi connectivity index (χ2v) is 4.82. The van der Waals surface area contributed by atoms with Crippen molar-refractivity contribution >= 4 is 11.7 Å². The van der Waals surface area contributed by atoms with E-state index < -0.39 is 16.6 Å². The zero-order valence-electron chi connectivity index (χ0n) is 12.3. The van der Waals surface area contributed by atoms with Crippen molar-refractivity contribution in [2.75, 3.05) is 13.2 Å². The molecule has 0 aliphatic heterocycles. The SMILES string of the molecule is Cc1cc(C(=O)O)c([N+](=O)[O-])cc1OCCCOC(C)C. The first-order valence-electron chi connectivity index (χ1n) is 6.59. The molecule has 7 heteroatoms. The fourth-order valence-electron chi connectivity index (χ4n) is 1.72. The molecule has 0 radical (unpaired) electrons. The summed E-state index contributed by atoms with van der Waals surface area (Å²) in [7, 11) is 0. The van der Waals surface area contributed by atoms with Crippen LogP contribution in [0, 0.1) is 17.0 Å². The van der Waals surface area contributed by atoms with Gasteiger partial charge in [0.05, 0.1) is 30.3 Å². The molecule has 0 amide bonds. The van der Waals surface area contributed by atoms with Gasteiger partial charge in [-0.3, -0.25) is 10.1 Å². The standard InChI is InChI=1S/C14H19NO6/c1-9(2)20-5-4-6-21-13-8-12(15(18)19)11(14(16)17)7-10(13)3/h7-9H,4-6H2,1-3H3,(H,16,17). The number of aromatic carboxylic acids is 1. The molecule has 0 aliphatic rings. The van der Waals surface area contributed by atoms with Gasteiger partial charge in [0.1, 0.15) is 11.3 Å². The predicted molar refractivity (Wildman–Crippen MR) is 76.0 cm³/mol.